The van der Waals surface area contributed by atoms with Gasteiger partial charge in [0.25, 0.3) is 0 Å². The summed E-state index contributed by atoms with van der Waals surface area (Å²) in [4.78, 5) is 14.7. The van der Waals surface area contributed by atoms with Crippen LogP contribution in [0, 0.1) is 5.92 Å². The van der Waals surface area contributed by atoms with Crippen molar-refractivity contribution in [3.05, 3.63) is 0 Å². The first-order valence-corrected chi connectivity index (χ1v) is 8.41. The van der Waals surface area contributed by atoms with Gasteiger partial charge in [-0.1, -0.05) is 12.8 Å². The Morgan fingerprint density at radius 3 is 2.75 bits per heavy atom. The molecular formula is C16H29N3O. The molecule has 1 heterocycles. The molecule has 0 radical (unpaired) electrons. The van der Waals surface area contributed by atoms with E-state index in [4.69, 9.17) is 0 Å². The van der Waals surface area contributed by atoms with E-state index >= 15 is 0 Å². The molecule has 4 atom stereocenters. The Labute approximate surface area is 122 Å². The Morgan fingerprint density at radius 2 is 2.05 bits per heavy atom. The number of carbonyl (C=O) groups excluding carboxylic acids is 1. The second-order valence-corrected chi connectivity index (χ2v) is 7.10. The fraction of sp³-hybridized carbons (Fsp3) is 0.938. The van der Waals surface area contributed by atoms with Crippen LogP contribution in [-0.4, -0.2) is 48.6 Å². The van der Waals surface area contributed by atoms with Crippen molar-refractivity contribution in [3.8, 4) is 0 Å². The van der Waals surface area contributed by atoms with Gasteiger partial charge in [-0.3, -0.25) is 9.69 Å². The van der Waals surface area contributed by atoms with E-state index in [0.717, 1.165) is 24.9 Å². The molecule has 2 saturated carbocycles. The van der Waals surface area contributed by atoms with E-state index < -0.39 is 0 Å². The molecule has 3 rings (SSSR count). The number of nitrogens with zero attached hydrogens (tertiary/aromatic N) is 1. The molecule has 114 valence electrons. The zero-order chi connectivity index (χ0) is 14.1. The Kier molecular flexibility index (Phi) is 4.32. The first-order chi connectivity index (χ1) is 9.65. The molecule has 1 aliphatic heterocycles. The minimum atomic E-state index is 0.0570. The lowest BCUT2D eigenvalue weighted by Gasteiger charge is -2.25. The number of hydrogen-bond donors (Lipinski definition) is 2. The average Bonchev–Trinajstić information content (AvgIpc) is 3.21. The Balaban J connectivity index is 1.42. The van der Waals surface area contributed by atoms with E-state index in [1.807, 2.05) is 0 Å². The molecule has 3 fully saturated rings. The molecule has 4 nitrogen and oxygen atoms in total. The maximum Gasteiger partial charge on any atom is 0.237 e. The van der Waals surface area contributed by atoms with Gasteiger partial charge in [0.05, 0.1) is 6.04 Å². The summed E-state index contributed by atoms with van der Waals surface area (Å²) in [5.74, 6) is 0.960. The largest absolute Gasteiger partial charge is 0.353 e. The SMILES string of the molecule is CC(CNC(=O)C1CC2CCCCC2N1)N(C)C1CC1. The van der Waals surface area contributed by atoms with Gasteiger partial charge in [-0.2, -0.15) is 0 Å². The highest BCUT2D eigenvalue weighted by molar-refractivity contribution is 5.82. The molecule has 0 aromatic rings. The minimum absolute atomic E-state index is 0.0570. The molecule has 4 unspecified atom stereocenters. The molecule has 1 saturated heterocycles. The van der Waals surface area contributed by atoms with Crippen LogP contribution in [0.1, 0.15) is 51.9 Å². The van der Waals surface area contributed by atoms with Crippen molar-refractivity contribution in [2.75, 3.05) is 13.6 Å². The molecule has 0 spiro atoms. The summed E-state index contributed by atoms with van der Waals surface area (Å²) in [6.07, 6.45) is 8.93. The highest BCUT2D eigenvalue weighted by atomic mass is 16.2. The first-order valence-electron chi connectivity index (χ1n) is 8.41. The second kappa shape index (κ2) is 6.02. The third-order valence-electron chi connectivity index (χ3n) is 5.57. The van der Waals surface area contributed by atoms with Crippen molar-refractivity contribution in [2.24, 2.45) is 5.92 Å². The normalized spacial score (nSPS) is 34.9. The summed E-state index contributed by atoms with van der Waals surface area (Å²) >= 11 is 0. The fourth-order valence-electron chi connectivity index (χ4n) is 3.88. The van der Waals surface area contributed by atoms with E-state index in [2.05, 4.69) is 29.5 Å². The monoisotopic (exact) mass is 279 g/mol. The number of hydrogen-bond acceptors (Lipinski definition) is 3. The third-order valence-corrected chi connectivity index (χ3v) is 5.57. The van der Waals surface area contributed by atoms with E-state index in [9.17, 15) is 4.79 Å². The Hall–Kier alpha value is -0.610. The van der Waals surface area contributed by atoms with Crippen molar-refractivity contribution in [1.29, 1.82) is 0 Å². The van der Waals surface area contributed by atoms with Crippen LogP contribution in [0.25, 0.3) is 0 Å². The standard InChI is InChI=1S/C16H29N3O/c1-11(19(2)13-7-8-13)10-17-16(20)15-9-12-5-3-4-6-14(12)18-15/h11-15,18H,3-10H2,1-2H3,(H,17,20). The molecule has 3 aliphatic rings. The van der Waals surface area contributed by atoms with Gasteiger partial charge in [0.2, 0.25) is 5.91 Å². The van der Waals surface area contributed by atoms with Gasteiger partial charge >= 0.3 is 0 Å². The van der Waals surface area contributed by atoms with Crippen LogP contribution >= 0.6 is 0 Å². The van der Waals surface area contributed by atoms with Gasteiger partial charge in [-0.25, -0.2) is 0 Å². The molecule has 0 aromatic carbocycles. The summed E-state index contributed by atoms with van der Waals surface area (Å²) in [5.41, 5.74) is 0. The zero-order valence-corrected chi connectivity index (χ0v) is 12.9. The van der Waals surface area contributed by atoms with Crippen molar-refractivity contribution in [3.63, 3.8) is 0 Å². The second-order valence-electron chi connectivity index (χ2n) is 7.10. The molecule has 0 aromatic heterocycles. The smallest absolute Gasteiger partial charge is 0.237 e. The molecular weight excluding hydrogens is 250 g/mol. The van der Waals surface area contributed by atoms with E-state index in [1.165, 1.54) is 38.5 Å². The Bertz CT molecular complexity index is 342. The van der Waals surface area contributed by atoms with Gasteiger partial charge < -0.3 is 10.6 Å². The number of amides is 1. The van der Waals surface area contributed by atoms with Crippen molar-refractivity contribution >= 4 is 5.91 Å². The topological polar surface area (TPSA) is 44.4 Å². The molecule has 1 amide bonds. The van der Waals surface area contributed by atoms with Crippen molar-refractivity contribution in [1.82, 2.24) is 15.5 Å². The van der Waals surface area contributed by atoms with Crippen LogP contribution in [0.5, 0.6) is 0 Å². The van der Waals surface area contributed by atoms with Gasteiger partial charge in [0, 0.05) is 24.7 Å². The molecule has 2 N–H and O–H groups in total. The van der Waals surface area contributed by atoms with Crippen LogP contribution in [0.2, 0.25) is 0 Å². The number of nitrogens with one attached hydrogen (secondary N) is 2. The van der Waals surface area contributed by atoms with E-state index in [0.29, 0.717) is 12.1 Å². The van der Waals surface area contributed by atoms with Crippen LogP contribution < -0.4 is 10.6 Å². The maximum absolute atomic E-state index is 12.3. The summed E-state index contributed by atoms with van der Waals surface area (Å²) in [5, 5.41) is 6.71. The van der Waals surface area contributed by atoms with Gasteiger partial charge in [0.15, 0.2) is 0 Å². The van der Waals surface area contributed by atoms with Crippen molar-refractivity contribution < 1.29 is 4.79 Å². The third kappa shape index (κ3) is 3.17. The zero-order valence-electron chi connectivity index (χ0n) is 12.9. The minimum Gasteiger partial charge on any atom is -0.353 e. The number of likely N-dealkylation sites (N-methyl/N-ethyl adjacent to an activating group) is 1. The van der Waals surface area contributed by atoms with Crippen LogP contribution in [0.15, 0.2) is 0 Å². The summed E-state index contributed by atoms with van der Waals surface area (Å²) in [6.45, 7) is 2.99. The lowest BCUT2D eigenvalue weighted by Crippen LogP contribution is -2.47. The van der Waals surface area contributed by atoms with Crippen molar-refractivity contribution in [2.45, 2.75) is 76.0 Å². The van der Waals surface area contributed by atoms with E-state index in [-0.39, 0.29) is 11.9 Å². The predicted molar refractivity (Wildman–Crippen MR) is 80.5 cm³/mol. The summed E-state index contributed by atoms with van der Waals surface area (Å²) in [7, 11) is 2.18. The first kappa shape index (κ1) is 14.3. The lowest BCUT2D eigenvalue weighted by atomic mass is 9.85. The van der Waals surface area contributed by atoms with Crippen LogP contribution in [-0.2, 0) is 4.79 Å². The summed E-state index contributed by atoms with van der Waals surface area (Å²) < 4.78 is 0. The lowest BCUT2D eigenvalue weighted by molar-refractivity contribution is -0.123. The molecule has 0 bridgehead atoms. The number of rotatable bonds is 5. The quantitative estimate of drug-likeness (QED) is 0.802. The Morgan fingerprint density at radius 1 is 1.30 bits per heavy atom. The van der Waals surface area contributed by atoms with Gasteiger partial charge in [0.1, 0.15) is 0 Å². The van der Waals surface area contributed by atoms with Gasteiger partial charge in [-0.05, 0) is 52.0 Å². The highest BCUT2D eigenvalue weighted by Gasteiger charge is 2.38. The molecule has 2 aliphatic carbocycles. The number of carbonyl (C=O) groups is 1. The molecule has 20 heavy (non-hydrogen) atoms. The number of fused-ring (bicyclic) bond motifs is 1. The van der Waals surface area contributed by atoms with Crippen LogP contribution in [0.3, 0.4) is 0 Å². The summed E-state index contributed by atoms with van der Waals surface area (Å²) in [6, 6.07) is 1.86. The maximum atomic E-state index is 12.3. The molecule has 4 heteroatoms. The highest BCUT2D eigenvalue weighted by Crippen LogP contribution is 2.33. The fourth-order valence-corrected chi connectivity index (χ4v) is 3.88. The van der Waals surface area contributed by atoms with Crippen LogP contribution in [0.4, 0.5) is 0 Å². The average molecular weight is 279 g/mol. The van der Waals surface area contributed by atoms with E-state index in [1.54, 1.807) is 0 Å². The van der Waals surface area contributed by atoms with Gasteiger partial charge in [-0.15, -0.1) is 0 Å². The predicted octanol–water partition coefficient (Wildman–Crippen LogP) is 1.51.